The molecule has 0 radical (unpaired) electrons. The van der Waals surface area contributed by atoms with Crippen LogP contribution >= 0.6 is 11.8 Å². The Morgan fingerprint density at radius 3 is 2.44 bits per heavy atom. The summed E-state index contributed by atoms with van der Waals surface area (Å²) in [5.41, 5.74) is 2.18. The highest BCUT2D eigenvalue weighted by Gasteiger charge is 2.31. The topological polar surface area (TPSA) is 89.3 Å². The van der Waals surface area contributed by atoms with E-state index in [1.807, 2.05) is 54.5 Å². The lowest BCUT2D eigenvalue weighted by molar-refractivity contribution is 0.0220. The number of nitrogens with zero attached hydrogens (tertiary/aromatic N) is 5. The number of hydrogen-bond acceptors (Lipinski definition) is 7. The Balaban J connectivity index is 1.75. The monoisotopic (exact) mass is 613 g/mol. The maximum absolute atomic E-state index is 13.9. The number of aryl methyl sites for hydroxylation is 1. The molecule has 2 aromatic heterocycles. The molecule has 1 atom stereocenters. The number of piperidine rings is 1. The molecule has 3 heterocycles. The van der Waals surface area contributed by atoms with Gasteiger partial charge in [-0.25, -0.2) is 23.5 Å². The van der Waals surface area contributed by atoms with E-state index < -0.39 is 17.3 Å². The van der Waals surface area contributed by atoms with Crippen LogP contribution in [-0.2, 0) is 16.0 Å². The fourth-order valence-electron chi connectivity index (χ4n) is 4.87. The number of hydrogen-bond donors (Lipinski definition) is 0. The lowest BCUT2D eigenvalue weighted by atomic mass is 10.1. The van der Waals surface area contributed by atoms with Crippen LogP contribution in [0.3, 0.4) is 0 Å². The van der Waals surface area contributed by atoms with E-state index in [-0.39, 0.29) is 29.6 Å². The molecule has 0 N–H and O–H groups in total. The molecule has 0 spiro atoms. The van der Waals surface area contributed by atoms with Crippen molar-refractivity contribution in [1.29, 1.82) is 0 Å². The number of benzene rings is 1. The summed E-state index contributed by atoms with van der Waals surface area (Å²) >= 11 is 1.57. The van der Waals surface area contributed by atoms with Crippen LogP contribution in [0.15, 0.2) is 35.5 Å². The summed E-state index contributed by atoms with van der Waals surface area (Å²) in [5, 5.41) is 5.73. The molecule has 0 bridgehead atoms. The van der Waals surface area contributed by atoms with Crippen LogP contribution < -0.4 is 4.90 Å². The molecule has 1 aromatic carbocycles. The molecule has 2 amide bonds. The zero-order valence-corrected chi connectivity index (χ0v) is 27.5. The summed E-state index contributed by atoms with van der Waals surface area (Å²) in [6.45, 7) is 18.3. The van der Waals surface area contributed by atoms with Crippen LogP contribution in [0.5, 0.6) is 0 Å². The number of aromatic nitrogens is 3. The summed E-state index contributed by atoms with van der Waals surface area (Å²) in [6.07, 6.45) is 2.69. The van der Waals surface area contributed by atoms with Crippen LogP contribution in [0.25, 0.3) is 5.65 Å². The molecule has 234 valence electrons. The molecule has 4 rings (SSSR count). The number of ether oxygens (including phenoxy) is 2. The van der Waals surface area contributed by atoms with Gasteiger partial charge in [0.25, 0.3) is 0 Å². The summed E-state index contributed by atoms with van der Waals surface area (Å²) < 4.78 is 27.2. The van der Waals surface area contributed by atoms with Gasteiger partial charge in [0.2, 0.25) is 0 Å². The predicted octanol–water partition coefficient (Wildman–Crippen LogP) is 7.73. The smallest absolute Gasteiger partial charge is 0.415 e. The van der Waals surface area contributed by atoms with Crippen molar-refractivity contribution in [2.75, 3.05) is 18.0 Å². The molecular formula is C32H44FN5O4S. The van der Waals surface area contributed by atoms with Crippen molar-refractivity contribution in [2.24, 2.45) is 0 Å². The maximum atomic E-state index is 13.9. The van der Waals surface area contributed by atoms with E-state index in [9.17, 15) is 14.0 Å². The zero-order chi connectivity index (χ0) is 31.7. The standard InChI is InChI=1S/C32H44FN5O4S/c1-20(2)26-17-34-28-25(37(30(40)42-32(7,8)9)18-22-12-13-23(33)15-21(22)3)16-27(35-38(26)28)43-24-11-10-14-36(19-24)29(39)41-31(4,5)6/h12-13,15-17,20,24H,10-11,14,18-19H2,1-9H3. The Bertz CT molecular complexity index is 1480. The minimum atomic E-state index is -0.736. The third kappa shape index (κ3) is 8.40. The van der Waals surface area contributed by atoms with Gasteiger partial charge in [-0.15, -0.1) is 0 Å². The van der Waals surface area contributed by atoms with Crippen LogP contribution in [0.1, 0.15) is 91.0 Å². The molecule has 0 saturated carbocycles. The quantitative estimate of drug-likeness (QED) is 0.281. The van der Waals surface area contributed by atoms with E-state index >= 15 is 0 Å². The highest BCUT2D eigenvalue weighted by Crippen LogP contribution is 2.35. The Morgan fingerprint density at radius 2 is 1.81 bits per heavy atom. The third-order valence-corrected chi connectivity index (χ3v) is 8.06. The number of likely N-dealkylation sites (tertiary alicyclic amines) is 1. The molecular weight excluding hydrogens is 569 g/mol. The minimum Gasteiger partial charge on any atom is -0.444 e. The fraction of sp³-hybridized carbons (Fsp3) is 0.562. The van der Waals surface area contributed by atoms with Crippen molar-refractivity contribution in [1.82, 2.24) is 19.5 Å². The van der Waals surface area contributed by atoms with Crippen molar-refractivity contribution in [3.8, 4) is 0 Å². The van der Waals surface area contributed by atoms with Crippen LogP contribution in [-0.4, -0.2) is 61.2 Å². The van der Waals surface area contributed by atoms with Gasteiger partial charge in [-0.05, 0) is 96.6 Å². The van der Waals surface area contributed by atoms with E-state index in [1.165, 1.54) is 12.1 Å². The number of imidazole rings is 1. The van der Waals surface area contributed by atoms with Gasteiger partial charge in [0, 0.05) is 18.3 Å². The van der Waals surface area contributed by atoms with Crippen LogP contribution in [0, 0.1) is 12.7 Å². The molecule has 3 aromatic rings. The average Bonchev–Trinajstić information content (AvgIpc) is 3.30. The molecule has 43 heavy (non-hydrogen) atoms. The maximum Gasteiger partial charge on any atom is 0.415 e. The predicted molar refractivity (Wildman–Crippen MR) is 167 cm³/mol. The first kappa shape index (κ1) is 32.6. The normalized spacial score (nSPS) is 16.1. The van der Waals surface area contributed by atoms with Crippen LogP contribution in [0.4, 0.5) is 19.7 Å². The van der Waals surface area contributed by atoms with Crippen molar-refractivity contribution in [3.05, 3.63) is 53.1 Å². The first-order chi connectivity index (χ1) is 20.0. The lowest BCUT2D eigenvalue weighted by Gasteiger charge is -2.33. The molecule has 1 saturated heterocycles. The number of anilines is 1. The molecule has 11 heteroatoms. The van der Waals surface area contributed by atoms with Gasteiger partial charge in [-0.2, -0.15) is 5.10 Å². The number of thioether (sulfide) groups is 1. The Morgan fingerprint density at radius 1 is 1.12 bits per heavy atom. The molecule has 9 nitrogen and oxygen atoms in total. The summed E-state index contributed by atoms with van der Waals surface area (Å²) in [6, 6.07) is 6.41. The molecule has 1 aliphatic heterocycles. The Kier molecular flexibility index (Phi) is 9.63. The van der Waals surface area contributed by atoms with Crippen molar-refractivity contribution in [3.63, 3.8) is 0 Å². The van der Waals surface area contributed by atoms with Gasteiger partial charge < -0.3 is 14.4 Å². The first-order valence-corrected chi connectivity index (χ1v) is 15.7. The first-order valence-electron chi connectivity index (χ1n) is 14.8. The molecule has 1 unspecified atom stereocenters. The number of rotatable bonds is 6. The van der Waals surface area contributed by atoms with Crippen molar-refractivity contribution < 1.29 is 23.5 Å². The highest BCUT2D eigenvalue weighted by atomic mass is 32.2. The largest absolute Gasteiger partial charge is 0.444 e. The van der Waals surface area contributed by atoms with Crippen LogP contribution in [0.2, 0.25) is 0 Å². The minimum absolute atomic E-state index is 0.0828. The average molecular weight is 614 g/mol. The number of fused-ring (bicyclic) bond motifs is 1. The second-order valence-electron chi connectivity index (χ2n) is 13.4. The molecule has 1 aliphatic rings. The van der Waals surface area contributed by atoms with Gasteiger partial charge in [0.15, 0.2) is 5.65 Å². The Labute approximate surface area is 258 Å². The van der Waals surface area contributed by atoms with Gasteiger partial charge >= 0.3 is 12.2 Å². The van der Waals surface area contributed by atoms with Crippen molar-refractivity contribution in [2.45, 2.75) is 109 Å². The zero-order valence-electron chi connectivity index (χ0n) is 26.7. The Hall–Kier alpha value is -3.34. The number of halogens is 1. The summed E-state index contributed by atoms with van der Waals surface area (Å²) in [4.78, 5) is 34.6. The second kappa shape index (κ2) is 12.7. The number of carbonyl (C=O) groups excluding carboxylic acids is 2. The van der Waals surface area contributed by atoms with Gasteiger partial charge in [-0.1, -0.05) is 31.7 Å². The molecule has 0 aliphatic carbocycles. The van der Waals surface area contributed by atoms with E-state index in [1.54, 1.807) is 38.3 Å². The third-order valence-electron chi connectivity index (χ3n) is 6.90. The van der Waals surface area contributed by atoms with Gasteiger partial charge in [0.1, 0.15) is 22.0 Å². The van der Waals surface area contributed by atoms with E-state index in [4.69, 9.17) is 14.6 Å². The SMILES string of the molecule is Cc1cc(F)ccc1CN(C(=O)OC(C)(C)C)c1cc(SC2CCCN(C(=O)OC(C)(C)C)C2)nn2c(C(C)C)cnc12. The van der Waals surface area contributed by atoms with E-state index in [0.29, 0.717) is 29.5 Å². The summed E-state index contributed by atoms with van der Waals surface area (Å²) in [5.74, 6) is -0.208. The van der Waals surface area contributed by atoms with E-state index in [0.717, 1.165) is 29.7 Å². The molecule has 1 fully saturated rings. The van der Waals surface area contributed by atoms with E-state index in [2.05, 4.69) is 18.8 Å². The van der Waals surface area contributed by atoms with Gasteiger partial charge in [0.05, 0.1) is 24.1 Å². The number of carbonyl (C=O) groups is 2. The fourth-order valence-corrected chi connectivity index (χ4v) is 6.06. The number of amides is 2. The van der Waals surface area contributed by atoms with Gasteiger partial charge in [-0.3, -0.25) is 4.90 Å². The lowest BCUT2D eigenvalue weighted by Crippen LogP contribution is -2.43. The second-order valence-corrected chi connectivity index (χ2v) is 14.7. The summed E-state index contributed by atoms with van der Waals surface area (Å²) in [7, 11) is 0. The highest BCUT2D eigenvalue weighted by molar-refractivity contribution is 7.99. The van der Waals surface area contributed by atoms with Crippen molar-refractivity contribution >= 4 is 35.3 Å².